The highest BCUT2D eigenvalue weighted by atomic mass is 31.2. The van der Waals surface area contributed by atoms with E-state index in [9.17, 15) is 9.36 Å². The molecule has 0 saturated carbocycles. The van der Waals surface area contributed by atoms with Crippen molar-refractivity contribution in [2.45, 2.75) is 79.4 Å². The first kappa shape index (κ1) is 24.7. The molecule has 0 aliphatic rings. The summed E-state index contributed by atoms with van der Waals surface area (Å²) in [5.74, 6) is 0.513. The van der Waals surface area contributed by atoms with Crippen molar-refractivity contribution in [2.75, 3.05) is 13.0 Å². The number of carbonyl (C=O) groups excluding carboxylic acids is 1. The highest BCUT2D eigenvalue weighted by molar-refractivity contribution is 7.57. The molecule has 0 amide bonds. The average Bonchev–Trinajstić information content (AvgIpc) is 2.59. The molecule has 0 saturated heterocycles. The molecule has 0 spiro atoms. The third-order valence-corrected chi connectivity index (χ3v) is 5.90. The maximum absolute atomic E-state index is 13.6. The number of para-hydroxylation sites is 1. The second kappa shape index (κ2) is 11.0. The molecule has 0 fully saturated rings. The molecule has 0 aromatic heterocycles. The van der Waals surface area contributed by atoms with Crippen molar-refractivity contribution in [2.24, 2.45) is 0 Å². The Morgan fingerprint density at radius 3 is 2.00 bits per heavy atom. The third-order valence-electron chi connectivity index (χ3n) is 4.12. The predicted molar refractivity (Wildman–Crippen MR) is 113 cm³/mol. The number of nitrogens with one attached hydrogen (secondary N) is 1. The van der Waals surface area contributed by atoms with E-state index in [0.717, 1.165) is 11.1 Å². The largest absolute Gasteiger partial charge is 0.462 e. The van der Waals surface area contributed by atoms with E-state index in [1.165, 1.54) is 0 Å². The lowest BCUT2D eigenvalue weighted by Gasteiger charge is -2.27. The van der Waals surface area contributed by atoms with E-state index in [1.807, 2.05) is 25.1 Å². The van der Waals surface area contributed by atoms with Crippen molar-refractivity contribution >= 4 is 13.5 Å². The van der Waals surface area contributed by atoms with Crippen molar-refractivity contribution in [1.82, 2.24) is 5.09 Å². The molecule has 0 heterocycles. The lowest BCUT2D eigenvalue weighted by molar-refractivity contribution is -0.149. The van der Waals surface area contributed by atoms with Gasteiger partial charge in [-0.15, -0.1) is 0 Å². The second-order valence-electron chi connectivity index (χ2n) is 7.80. The fourth-order valence-corrected chi connectivity index (χ4v) is 4.52. The summed E-state index contributed by atoms with van der Waals surface area (Å²) in [5.41, 5.74) is 1.95. The molecule has 6 nitrogen and oxygen atoms in total. The zero-order chi connectivity index (χ0) is 21.5. The minimum atomic E-state index is -3.52. The normalized spacial score (nSPS) is 15.0. The molecule has 7 heteroatoms. The highest BCUT2D eigenvalue weighted by Crippen LogP contribution is 2.48. The zero-order valence-corrected chi connectivity index (χ0v) is 19.3. The van der Waals surface area contributed by atoms with Crippen LogP contribution < -0.4 is 9.61 Å². The Morgan fingerprint density at radius 2 is 1.57 bits per heavy atom. The Hall–Kier alpha value is -1.36. The Morgan fingerprint density at radius 1 is 1.04 bits per heavy atom. The first-order valence-corrected chi connectivity index (χ1v) is 11.8. The average molecular weight is 413 g/mol. The topological polar surface area (TPSA) is 73.9 Å². The van der Waals surface area contributed by atoms with Gasteiger partial charge in [-0.05, 0) is 50.7 Å². The van der Waals surface area contributed by atoms with Crippen molar-refractivity contribution in [3.05, 3.63) is 29.3 Å². The van der Waals surface area contributed by atoms with Crippen LogP contribution >= 0.6 is 7.52 Å². The summed E-state index contributed by atoms with van der Waals surface area (Å²) in [5, 5.41) is 2.85. The minimum absolute atomic E-state index is 0.132. The lowest BCUT2D eigenvalue weighted by Crippen LogP contribution is -2.36. The Labute approximate surface area is 169 Å². The van der Waals surface area contributed by atoms with Crippen LogP contribution in [-0.2, 0) is 18.8 Å². The molecule has 2 atom stereocenters. The molecule has 1 aromatic carbocycles. The van der Waals surface area contributed by atoms with E-state index in [0.29, 0.717) is 12.4 Å². The van der Waals surface area contributed by atoms with Gasteiger partial charge in [0.2, 0.25) is 0 Å². The van der Waals surface area contributed by atoms with Gasteiger partial charge in [0.05, 0.1) is 6.10 Å². The number of rotatable bonds is 11. The predicted octanol–water partition coefficient (Wildman–Crippen LogP) is 5.43. The van der Waals surface area contributed by atoms with Gasteiger partial charge in [-0.2, -0.15) is 0 Å². The quantitative estimate of drug-likeness (QED) is 0.385. The summed E-state index contributed by atoms with van der Waals surface area (Å²) in [6.45, 7) is 15.6. The van der Waals surface area contributed by atoms with Crippen LogP contribution in [0.4, 0.5) is 0 Å². The summed E-state index contributed by atoms with van der Waals surface area (Å²) in [6, 6.07) is 5.16. The van der Waals surface area contributed by atoms with Crippen LogP contribution in [0.2, 0.25) is 0 Å². The fraction of sp³-hybridized carbons (Fsp3) is 0.667. The summed E-state index contributed by atoms with van der Waals surface area (Å²) in [6.07, 6.45) is -0.384. The van der Waals surface area contributed by atoms with E-state index in [4.69, 9.17) is 14.0 Å². The van der Waals surface area contributed by atoms with E-state index in [-0.39, 0.29) is 24.3 Å². The molecular weight excluding hydrogens is 377 g/mol. The van der Waals surface area contributed by atoms with Crippen molar-refractivity contribution in [3.63, 3.8) is 0 Å². The smallest absolute Gasteiger partial charge is 0.342 e. The SMILES string of the molecule is CCOCP(=O)(NC(C)C(=O)OC(C)C)Oc1c(C(C)C)cccc1C(C)C. The molecule has 1 aromatic rings. The molecule has 1 rings (SSSR count). The summed E-state index contributed by atoms with van der Waals surface area (Å²) < 4.78 is 30.4. The minimum Gasteiger partial charge on any atom is -0.462 e. The van der Waals surface area contributed by atoms with Crippen molar-refractivity contribution in [1.29, 1.82) is 0 Å². The van der Waals surface area contributed by atoms with Gasteiger partial charge in [0, 0.05) is 6.61 Å². The van der Waals surface area contributed by atoms with Crippen LogP contribution in [0, 0.1) is 0 Å². The van der Waals surface area contributed by atoms with Gasteiger partial charge in [-0.3, -0.25) is 9.36 Å². The van der Waals surface area contributed by atoms with Crippen LogP contribution in [0.25, 0.3) is 0 Å². The Bertz CT molecular complexity index is 661. The molecule has 160 valence electrons. The first-order chi connectivity index (χ1) is 13.0. The van der Waals surface area contributed by atoms with Crippen LogP contribution in [0.1, 0.15) is 78.4 Å². The summed E-state index contributed by atoms with van der Waals surface area (Å²) in [4.78, 5) is 12.2. The number of hydrogen-bond donors (Lipinski definition) is 1. The van der Waals surface area contributed by atoms with E-state index >= 15 is 0 Å². The standard InChI is InChI=1S/C21H36NO5P/c1-9-25-13-28(24,22-17(8)21(23)26-16(6)7)27-20-18(14(2)3)11-10-12-19(20)15(4)5/h10-12,14-17H,9,13H2,1-8H3,(H,22,24). The first-order valence-electron chi connectivity index (χ1n) is 9.98. The highest BCUT2D eigenvalue weighted by Gasteiger charge is 2.33. The van der Waals surface area contributed by atoms with E-state index in [2.05, 4.69) is 32.8 Å². The molecule has 28 heavy (non-hydrogen) atoms. The van der Waals surface area contributed by atoms with E-state index < -0.39 is 19.5 Å². The van der Waals surface area contributed by atoms with Crippen LogP contribution in [0.15, 0.2) is 18.2 Å². The molecule has 1 N–H and O–H groups in total. The molecule has 0 aliphatic carbocycles. The molecule has 0 radical (unpaired) electrons. The van der Waals surface area contributed by atoms with Gasteiger partial charge >= 0.3 is 13.5 Å². The zero-order valence-electron chi connectivity index (χ0n) is 18.4. The fourth-order valence-electron chi connectivity index (χ4n) is 2.72. The van der Waals surface area contributed by atoms with Gasteiger partial charge in [-0.25, -0.2) is 5.09 Å². The van der Waals surface area contributed by atoms with Gasteiger partial charge in [-0.1, -0.05) is 45.9 Å². The van der Waals surface area contributed by atoms with Crippen molar-refractivity contribution in [3.8, 4) is 5.75 Å². The molecule has 0 aliphatic heterocycles. The van der Waals surface area contributed by atoms with Crippen LogP contribution in [0.5, 0.6) is 5.75 Å². The van der Waals surface area contributed by atoms with Crippen molar-refractivity contribution < 1.29 is 23.4 Å². The van der Waals surface area contributed by atoms with Crippen LogP contribution in [0.3, 0.4) is 0 Å². The van der Waals surface area contributed by atoms with Crippen LogP contribution in [-0.4, -0.2) is 31.1 Å². The lowest BCUT2D eigenvalue weighted by atomic mass is 9.94. The van der Waals surface area contributed by atoms with Gasteiger partial charge < -0.3 is 14.0 Å². The Kier molecular flexibility index (Phi) is 9.68. The van der Waals surface area contributed by atoms with E-state index in [1.54, 1.807) is 20.8 Å². The van der Waals surface area contributed by atoms with Gasteiger partial charge in [0.15, 0.2) is 0 Å². The van der Waals surface area contributed by atoms with Gasteiger partial charge in [0.1, 0.15) is 18.1 Å². The number of carbonyl (C=O) groups is 1. The maximum Gasteiger partial charge on any atom is 0.342 e. The number of hydrogen-bond acceptors (Lipinski definition) is 5. The summed E-state index contributed by atoms with van der Waals surface area (Å²) >= 11 is 0. The molecule has 0 bridgehead atoms. The van der Waals surface area contributed by atoms with Gasteiger partial charge in [0.25, 0.3) is 0 Å². The second-order valence-corrected chi connectivity index (χ2v) is 9.84. The Balaban J connectivity index is 3.25. The monoisotopic (exact) mass is 413 g/mol. The summed E-state index contributed by atoms with van der Waals surface area (Å²) in [7, 11) is -3.52. The molecular formula is C21H36NO5P. The number of benzene rings is 1. The molecule has 2 unspecified atom stereocenters. The number of esters is 1. The number of ether oxygens (including phenoxy) is 2. The third kappa shape index (κ3) is 7.23. The maximum atomic E-state index is 13.6.